The first kappa shape index (κ1) is 26.5. The highest BCUT2D eigenvalue weighted by Crippen LogP contribution is 1.87. The molecule has 0 aliphatic rings. The molecule has 0 radical (unpaired) electrons. The molecule has 0 aliphatic heterocycles. The Morgan fingerprint density at radius 1 is 0.789 bits per heavy atom. The predicted octanol–water partition coefficient (Wildman–Crippen LogP) is -2.05. The number of rotatable bonds is 4. The summed E-state index contributed by atoms with van der Waals surface area (Å²) >= 11 is 0. The summed E-state index contributed by atoms with van der Waals surface area (Å²) < 4.78 is 0. The quantitative estimate of drug-likeness (QED) is 0.291. The number of carbonyl (C=O) groups is 1. The third-order valence-corrected chi connectivity index (χ3v) is 1.07. The van der Waals surface area contributed by atoms with E-state index in [2.05, 4.69) is 0 Å². The summed E-state index contributed by atoms with van der Waals surface area (Å²) in [6, 6.07) is 0. The standard InChI is InChI=1S/C5H8O2.3C2H6O2/c1-3-4(2)5(6)7;3*3-1-2-4/h3H,1-2H3,(H,6,7);3*3-4H,1-2H2. The highest BCUT2D eigenvalue weighted by Gasteiger charge is 1.93. The number of carboxylic acid groups (broad SMARTS) is 1. The molecule has 0 aromatic heterocycles. The van der Waals surface area contributed by atoms with Crippen LogP contribution in [0.2, 0.25) is 0 Å². The minimum absolute atomic E-state index is 0.125. The molecule has 7 N–H and O–H groups in total. The Bertz CT molecular complexity index is 166. The molecular formula is C11H26O8. The van der Waals surface area contributed by atoms with Gasteiger partial charge in [0.15, 0.2) is 0 Å². The van der Waals surface area contributed by atoms with Gasteiger partial charge in [0.25, 0.3) is 0 Å². The minimum atomic E-state index is -0.845. The van der Waals surface area contributed by atoms with Crippen molar-refractivity contribution in [2.75, 3.05) is 39.6 Å². The molecule has 0 amide bonds. The van der Waals surface area contributed by atoms with Crippen molar-refractivity contribution in [2.45, 2.75) is 13.8 Å². The second kappa shape index (κ2) is 30.2. The van der Waals surface area contributed by atoms with E-state index < -0.39 is 5.97 Å². The predicted molar refractivity (Wildman–Crippen MR) is 69.6 cm³/mol. The van der Waals surface area contributed by atoms with Crippen molar-refractivity contribution in [3.63, 3.8) is 0 Å². The van der Waals surface area contributed by atoms with E-state index in [0.717, 1.165) is 0 Å². The van der Waals surface area contributed by atoms with Gasteiger partial charge in [-0.3, -0.25) is 0 Å². The van der Waals surface area contributed by atoms with Gasteiger partial charge in [0.1, 0.15) is 0 Å². The van der Waals surface area contributed by atoms with E-state index in [0.29, 0.717) is 5.57 Å². The molecule has 118 valence electrons. The molecule has 8 heteroatoms. The van der Waals surface area contributed by atoms with Gasteiger partial charge in [-0.05, 0) is 13.8 Å². The number of carboxylic acids is 1. The summed E-state index contributed by atoms with van der Waals surface area (Å²) in [6.45, 7) is 2.51. The lowest BCUT2D eigenvalue weighted by Gasteiger charge is -1.84. The fraction of sp³-hybridized carbons (Fsp3) is 0.727. The van der Waals surface area contributed by atoms with E-state index in [9.17, 15) is 4.79 Å². The zero-order valence-electron chi connectivity index (χ0n) is 11.4. The van der Waals surface area contributed by atoms with Gasteiger partial charge >= 0.3 is 5.97 Å². The van der Waals surface area contributed by atoms with Crippen LogP contribution >= 0.6 is 0 Å². The Hall–Kier alpha value is -1.03. The summed E-state index contributed by atoms with van der Waals surface area (Å²) in [5.74, 6) is -0.845. The van der Waals surface area contributed by atoms with Gasteiger partial charge in [0.05, 0.1) is 39.6 Å². The van der Waals surface area contributed by atoms with Crippen LogP contribution in [-0.4, -0.2) is 81.4 Å². The summed E-state index contributed by atoms with van der Waals surface area (Å²) in [6.07, 6.45) is 1.56. The van der Waals surface area contributed by atoms with Crippen LogP contribution in [-0.2, 0) is 4.79 Å². The fourth-order valence-electron chi connectivity index (χ4n) is 0.123. The van der Waals surface area contributed by atoms with E-state index in [1.165, 1.54) is 0 Å². The highest BCUT2D eigenvalue weighted by molar-refractivity contribution is 5.85. The zero-order chi connectivity index (χ0) is 16.1. The smallest absolute Gasteiger partial charge is 0.330 e. The highest BCUT2D eigenvalue weighted by atomic mass is 16.4. The van der Waals surface area contributed by atoms with Crippen LogP contribution in [0.15, 0.2) is 11.6 Å². The van der Waals surface area contributed by atoms with Crippen LogP contribution < -0.4 is 0 Å². The van der Waals surface area contributed by atoms with Crippen LogP contribution in [0.3, 0.4) is 0 Å². The number of aliphatic carboxylic acids is 1. The molecule has 0 aromatic carbocycles. The van der Waals surface area contributed by atoms with Crippen LogP contribution in [0.5, 0.6) is 0 Å². The van der Waals surface area contributed by atoms with E-state index in [4.69, 9.17) is 35.7 Å². The van der Waals surface area contributed by atoms with Crippen molar-refractivity contribution in [3.05, 3.63) is 11.6 Å². The van der Waals surface area contributed by atoms with E-state index in [1.54, 1.807) is 19.9 Å². The molecule has 8 nitrogen and oxygen atoms in total. The maximum Gasteiger partial charge on any atom is 0.330 e. The van der Waals surface area contributed by atoms with Gasteiger partial charge in [0, 0.05) is 5.57 Å². The van der Waals surface area contributed by atoms with Crippen molar-refractivity contribution in [1.29, 1.82) is 0 Å². The molecule has 0 spiro atoms. The van der Waals surface area contributed by atoms with Crippen LogP contribution in [0, 0.1) is 0 Å². The van der Waals surface area contributed by atoms with Crippen molar-refractivity contribution >= 4 is 5.97 Å². The average molecular weight is 286 g/mol. The summed E-state index contributed by atoms with van der Waals surface area (Å²) in [4.78, 5) is 9.86. The van der Waals surface area contributed by atoms with Crippen LogP contribution in [0.1, 0.15) is 13.8 Å². The maximum atomic E-state index is 9.86. The van der Waals surface area contributed by atoms with Gasteiger partial charge in [-0.25, -0.2) is 4.79 Å². The average Bonchev–Trinajstić information content (AvgIpc) is 2.46. The first-order valence-electron chi connectivity index (χ1n) is 5.44. The van der Waals surface area contributed by atoms with E-state index in [-0.39, 0.29) is 39.6 Å². The van der Waals surface area contributed by atoms with Gasteiger partial charge in [-0.1, -0.05) is 6.08 Å². The molecule has 0 saturated heterocycles. The van der Waals surface area contributed by atoms with Gasteiger partial charge in [-0.2, -0.15) is 0 Å². The SMILES string of the molecule is CC=C(C)C(=O)O.OCCO.OCCO.OCCO. The lowest BCUT2D eigenvalue weighted by Crippen LogP contribution is -1.93. The molecule has 0 saturated carbocycles. The monoisotopic (exact) mass is 286 g/mol. The number of allylic oxidation sites excluding steroid dienone is 1. The molecule has 0 fully saturated rings. The lowest BCUT2D eigenvalue weighted by atomic mass is 10.3. The zero-order valence-corrected chi connectivity index (χ0v) is 11.4. The number of aliphatic hydroxyl groups is 6. The van der Waals surface area contributed by atoms with Crippen molar-refractivity contribution in [2.24, 2.45) is 0 Å². The summed E-state index contributed by atoms with van der Waals surface area (Å²) in [5.41, 5.74) is 0.389. The van der Waals surface area contributed by atoms with Crippen molar-refractivity contribution in [1.82, 2.24) is 0 Å². The lowest BCUT2D eigenvalue weighted by molar-refractivity contribution is -0.132. The Morgan fingerprint density at radius 2 is 1.00 bits per heavy atom. The molecule has 0 aliphatic carbocycles. The van der Waals surface area contributed by atoms with E-state index in [1.807, 2.05) is 0 Å². The largest absolute Gasteiger partial charge is 0.478 e. The summed E-state index contributed by atoms with van der Waals surface area (Å²) in [7, 11) is 0. The molecular weight excluding hydrogens is 260 g/mol. The molecule has 19 heavy (non-hydrogen) atoms. The molecule has 0 bridgehead atoms. The number of hydrogen-bond donors (Lipinski definition) is 7. The Kier molecular flexibility index (Phi) is 42.2. The molecule has 0 atom stereocenters. The Labute approximate surface area is 112 Å². The van der Waals surface area contributed by atoms with Crippen LogP contribution in [0.4, 0.5) is 0 Å². The fourth-order valence-corrected chi connectivity index (χ4v) is 0.123. The first-order chi connectivity index (χ1) is 8.92. The third-order valence-electron chi connectivity index (χ3n) is 1.07. The van der Waals surface area contributed by atoms with E-state index >= 15 is 0 Å². The first-order valence-corrected chi connectivity index (χ1v) is 5.44. The minimum Gasteiger partial charge on any atom is -0.478 e. The van der Waals surface area contributed by atoms with Gasteiger partial charge in [0.2, 0.25) is 0 Å². The van der Waals surface area contributed by atoms with Gasteiger partial charge in [-0.15, -0.1) is 0 Å². The number of aliphatic hydroxyl groups excluding tert-OH is 6. The summed E-state index contributed by atoms with van der Waals surface area (Å²) in [5, 5.41) is 53.9. The normalized spacial score (nSPS) is 8.95. The molecule has 0 heterocycles. The second-order valence-corrected chi connectivity index (χ2v) is 2.62. The van der Waals surface area contributed by atoms with Crippen LogP contribution in [0.25, 0.3) is 0 Å². The Balaban J connectivity index is -0.0000000825. The topological polar surface area (TPSA) is 159 Å². The second-order valence-electron chi connectivity index (χ2n) is 2.62. The third kappa shape index (κ3) is 59.9. The molecule has 0 aromatic rings. The number of hydrogen-bond acceptors (Lipinski definition) is 7. The van der Waals surface area contributed by atoms with Crippen molar-refractivity contribution < 1.29 is 40.5 Å². The maximum absolute atomic E-state index is 9.86. The molecule has 0 unspecified atom stereocenters. The van der Waals surface area contributed by atoms with Gasteiger partial charge < -0.3 is 35.7 Å². The Morgan fingerprint density at radius 3 is 1.00 bits per heavy atom. The molecule has 0 rings (SSSR count). The van der Waals surface area contributed by atoms with Crippen molar-refractivity contribution in [3.8, 4) is 0 Å².